The van der Waals surface area contributed by atoms with Crippen LogP contribution in [0.4, 0.5) is 8.78 Å². The maximum absolute atomic E-state index is 13.8. The molecular weight excluding hydrogens is 370 g/mol. The van der Waals surface area contributed by atoms with E-state index in [2.05, 4.69) is 11.3 Å². The molecule has 1 atom stereocenters. The van der Waals surface area contributed by atoms with Crippen molar-refractivity contribution < 1.29 is 17.2 Å². The molecule has 0 bridgehead atoms. The third-order valence-corrected chi connectivity index (χ3v) is 7.21. The van der Waals surface area contributed by atoms with Crippen LogP contribution in [-0.2, 0) is 10.0 Å². The van der Waals surface area contributed by atoms with Gasteiger partial charge in [0.2, 0.25) is 10.0 Å². The van der Waals surface area contributed by atoms with E-state index in [1.165, 1.54) is 22.7 Å². The first-order valence-electron chi connectivity index (χ1n) is 9.78. The van der Waals surface area contributed by atoms with Crippen LogP contribution in [0.3, 0.4) is 0 Å². The van der Waals surface area contributed by atoms with Gasteiger partial charge in [-0.3, -0.25) is 0 Å². The minimum absolute atomic E-state index is 0.0443. The second-order valence-electron chi connectivity index (χ2n) is 7.81. The molecule has 0 aliphatic carbocycles. The summed E-state index contributed by atoms with van der Waals surface area (Å²) in [6.45, 7) is 3.95. The quantitative estimate of drug-likeness (QED) is 0.736. The maximum Gasteiger partial charge on any atom is 0.211 e. The van der Waals surface area contributed by atoms with E-state index in [9.17, 15) is 17.2 Å². The van der Waals surface area contributed by atoms with Crippen molar-refractivity contribution >= 4 is 10.0 Å². The van der Waals surface area contributed by atoms with E-state index < -0.39 is 21.7 Å². The fourth-order valence-electron chi connectivity index (χ4n) is 4.42. The molecular formula is C20H29F2N2O2S. The summed E-state index contributed by atoms with van der Waals surface area (Å²) in [6.07, 6.45) is 8.01. The lowest BCUT2D eigenvalue weighted by molar-refractivity contribution is 0.203. The van der Waals surface area contributed by atoms with Crippen LogP contribution in [0, 0.1) is 24.0 Å². The van der Waals surface area contributed by atoms with Crippen LogP contribution in [0.1, 0.15) is 43.6 Å². The molecule has 1 aromatic carbocycles. The highest BCUT2D eigenvalue weighted by atomic mass is 32.2. The summed E-state index contributed by atoms with van der Waals surface area (Å²) in [5.74, 6) is -0.810. The standard InChI is InChI=1S/C20H29F2N2O2S/c1-27(25,26)24-11-5-16(6-12-24)20(7-10-23-8-3-2-4-9-23)17-13-18(21)15-19(22)14-17/h2,13-16,20H,3-12H2,1H3/t20-/m1/s1. The summed E-state index contributed by atoms with van der Waals surface area (Å²) in [5, 5.41) is 0. The van der Waals surface area contributed by atoms with E-state index in [4.69, 9.17) is 0 Å². The van der Waals surface area contributed by atoms with Crippen molar-refractivity contribution in [1.29, 1.82) is 0 Å². The van der Waals surface area contributed by atoms with E-state index in [1.54, 1.807) is 0 Å². The Morgan fingerprint density at radius 3 is 2.19 bits per heavy atom. The van der Waals surface area contributed by atoms with E-state index in [1.807, 2.05) is 0 Å². The molecule has 0 amide bonds. The molecule has 3 rings (SSSR count). The predicted octanol–water partition coefficient (Wildman–Crippen LogP) is 3.41. The first-order chi connectivity index (χ1) is 12.8. The molecule has 27 heavy (non-hydrogen) atoms. The molecule has 2 aliphatic rings. The van der Waals surface area contributed by atoms with E-state index in [0.29, 0.717) is 18.7 Å². The summed E-state index contributed by atoms with van der Waals surface area (Å²) < 4.78 is 52.7. The third kappa shape index (κ3) is 5.72. The number of hydrogen-bond acceptors (Lipinski definition) is 3. The van der Waals surface area contributed by atoms with E-state index in [-0.39, 0.29) is 11.8 Å². The summed E-state index contributed by atoms with van der Waals surface area (Å²) in [6, 6.07) is 3.80. The molecule has 1 radical (unpaired) electrons. The monoisotopic (exact) mass is 399 g/mol. The fourth-order valence-corrected chi connectivity index (χ4v) is 5.30. The van der Waals surface area contributed by atoms with E-state index >= 15 is 0 Å². The van der Waals surface area contributed by atoms with Crippen LogP contribution in [0.15, 0.2) is 18.2 Å². The van der Waals surface area contributed by atoms with Gasteiger partial charge in [0.1, 0.15) is 11.6 Å². The third-order valence-electron chi connectivity index (χ3n) is 5.90. The Labute approximate surface area is 161 Å². The molecule has 0 N–H and O–H groups in total. The van der Waals surface area contributed by atoms with Gasteiger partial charge in [0.25, 0.3) is 0 Å². The molecule has 151 valence electrons. The number of sulfonamides is 1. The second-order valence-corrected chi connectivity index (χ2v) is 9.79. The van der Waals surface area contributed by atoms with Gasteiger partial charge in [-0.2, -0.15) is 0 Å². The maximum atomic E-state index is 13.8. The van der Waals surface area contributed by atoms with Gasteiger partial charge < -0.3 is 4.90 Å². The highest BCUT2D eigenvalue weighted by Crippen LogP contribution is 2.36. The molecule has 0 spiro atoms. The first kappa shape index (κ1) is 20.7. The highest BCUT2D eigenvalue weighted by molar-refractivity contribution is 7.88. The highest BCUT2D eigenvalue weighted by Gasteiger charge is 2.31. The summed E-state index contributed by atoms with van der Waals surface area (Å²) in [5.41, 5.74) is 0.703. The van der Waals surface area contributed by atoms with Crippen LogP contribution in [0.25, 0.3) is 0 Å². The average Bonchev–Trinajstić information content (AvgIpc) is 2.62. The number of likely N-dealkylation sites (tertiary alicyclic amines) is 1. The van der Waals surface area contributed by atoms with Gasteiger partial charge >= 0.3 is 0 Å². The molecule has 2 aliphatic heterocycles. The van der Waals surface area contributed by atoms with Crippen LogP contribution >= 0.6 is 0 Å². The van der Waals surface area contributed by atoms with Gasteiger partial charge in [-0.05, 0) is 87.7 Å². The van der Waals surface area contributed by atoms with Gasteiger partial charge in [0, 0.05) is 19.2 Å². The van der Waals surface area contributed by atoms with Crippen LogP contribution in [0.5, 0.6) is 0 Å². The van der Waals surface area contributed by atoms with Crippen LogP contribution in [-0.4, -0.2) is 56.6 Å². The Morgan fingerprint density at radius 2 is 1.63 bits per heavy atom. The molecule has 7 heteroatoms. The molecule has 0 saturated carbocycles. The number of rotatable bonds is 6. The lowest BCUT2D eigenvalue weighted by atomic mass is 9.78. The van der Waals surface area contributed by atoms with Crippen molar-refractivity contribution in [3.05, 3.63) is 41.8 Å². The zero-order chi connectivity index (χ0) is 19.4. The number of nitrogens with zero attached hydrogens (tertiary/aromatic N) is 2. The smallest absolute Gasteiger partial charge is 0.211 e. The van der Waals surface area contributed by atoms with Crippen molar-refractivity contribution in [2.75, 3.05) is 39.0 Å². The van der Waals surface area contributed by atoms with Crippen molar-refractivity contribution in [1.82, 2.24) is 9.21 Å². The minimum atomic E-state index is -3.18. The van der Waals surface area contributed by atoms with Gasteiger partial charge in [-0.1, -0.05) is 0 Å². The predicted molar refractivity (Wildman–Crippen MR) is 103 cm³/mol. The Bertz CT molecular complexity index is 707. The molecule has 0 aromatic heterocycles. The van der Waals surface area contributed by atoms with Crippen molar-refractivity contribution in [2.45, 2.75) is 38.0 Å². The Hall–Kier alpha value is -1.05. The van der Waals surface area contributed by atoms with Crippen molar-refractivity contribution in [3.8, 4) is 0 Å². The zero-order valence-electron chi connectivity index (χ0n) is 15.9. The molecule has 2 heterocycles. The van der Waals surface area contributed by atoms with Gasteiger partial charge in [-0.25, -0.2) is 21.5 Å². The largest absolute Gasteiger partial charge is 0.303 e. The lowest BCUT2D eigenvalue weighted by Crippen LogP contribution is -2.39. The average molecular weight is 400 g/mol. The zero-order valence-corrected chi connectivity index (χ0v) is 16.7. The molecule has 0 unspecified atom stereocenters. The first-order valence-corrected chi connectivity index (χ1v) is 11.6. The number of halogens is 2. The molecule has 4 nitrogen and oxygen atoms in total. The SMILES string of the molecule is CS(=O)(=O)N1CCC([C@@H](CCN2CC[CH]CC2)c2cc(F)cc(F)c2)CC1. The van der Waals surface area contributed by atoms with Gasteiger partial charge in [0.05, 0.1) is 6.26 Å². The van der Waals surface area contributed by atoms with Crippen molar-refractivity contribution in [2.24, 2.45) is 5.92 Å². The Morgan fingerprint density at radius 1 is 1.04 bits per heavy atom. The fraction of sp³-hybridized carbons (Fsp3) is 0.650. The summed E-state index contributed by atoms with van der Waals surface area (Å²) >= 11 is 0. The number of benzene rings is 1. The van der Waals surface area contributed by atoms with E-state index in [0.717, 1.165) is 57.8 Å². The van der Waals surface area contributed by atoms with Gasteiger partial charge in [-0.15, -0.1) is 0 Å². The Kier molecular flexibility index (Phi) is 6.87. The number of piperidine rings is 2. The van der Waals surface area contributed by atoms with Crippen LogP contribution in [0.2, 0.25) is 0 Å². The summed E-state index contributed by atoms with van der Waals surface area (Å²) in [4.78, 5) is 2.41. The van der Waals surface area contributed by atoms with Crippen LogP contribution < -0.4 is 0 Å². The summed E-state index contributed by atoms with van der Waals surface area (Å²) in [7, 11) is -3.18. The molecule has 1 aromatic rings. The number of hydrogen-bond donors (Lipinski definition) is 0. The normalized spacial score (nSPS) is 22.0. The molecule has 2 saturated heterocycles. The van der Waals surface area contributed by atoms with Gasteiger partial charge in [0.15, 0.2) is 0 Å². The molecule has 2 fully saturated rings. The van der Waals surface area contributed by atoms with Crippen molar-refractivity contribution in [3.63, 3.8) is 0 Å². The minimum Gasteiger partial charge on any atom is -0.303 e. The second kappa shape index (κ2) is 8.97. The lowest BCUT2D eigenvalue weighted by Gasteiger charge is -2.36. The Balaban J connectivity index is 1.73. The topological polar surface area (TPSA) is 40.6 Å².